The van der Waals surface area contributed by atoms with Crippen LogP contribution in [-0.2, 0) is 0 Å². The minimum absolute atomic E-state index is 0. The number of pyridine rings is 3. The van der Waals surface area contributed by atoms with Crippen molar-refractivity contribution in [1.82, 2.24) is 15.0 Å². The van der Waals surface area contributed by atoms with Crippen molar-refractivity contribution in [2.24, 2.45) is 0 Å². The molecule has 0 bridgehead atoms. The summed E-state index contributed by atoms with van der Waals surface area (Å²) in [6, 6.07) is 22.4. The Bertz CT molecular complexity index is 1560. The Labute approximate surface area is 245 Å². The van der Waals surface area contributed by atoms with Crippen molar-refractivity contribution in [1.29, 1.82) is 0 Å². The Morgan fingerprint density at radius 2 is 1.06 bits per heavy atom. The van der Waals surface area contributed by atoms with Gasteiger partial charge in [-0.1, -0.05) is 86.9 Å². The van der Waals surface area contributed by atoms with Crippen LogP contribution in [0.25, 0.3) is 32.3 Å². The molecular weight excluding hydrogens is 710 g/mol. The third-order valence-corrected chi connectivity index (χ3v) is 7.21. The van der Waals surface area contributed by atoms with Crippen LogP contribution in [0.15, 0.2) is 122 Å². The van der Waals surface area contributed by atoms with Gasteiger partial charge in [0, 0.05) is 71.2 Å². The van der Waals surface area contributed by atoms with E-state index in [2.05, 4.69) is 96.9 Å². The molecule has 0 fully saturated rings. The Morgan fingerprint density at radius 1 is 0.444 bits per heavy atom. The molecule has 6 aromatic rings. The summed E-state index contributed by atoms with van der Waals surface area (Å²) in [4.78, 5) is 12.2. The van der Waals surface area contributed by atoms with Crippen LogP contribution in [-0.4, -0.2) is 15.0 Å². The molecule has 0 aliphatic carbocycles. The molecule has 0 saturated heterocycles. The van der Waals surface area contributed by atoms with Gasteiger partial charge >= 0.3 is 0 Å². The predicted molar refractivity (Wildman–Crippen MR) is 169 cm³/mol. The number of rotatable bonds is 0. The largest absolute Gasteiger partial charge is 0.264 e. The first-order chi connectivity index (χ1) is 16.5. The van der Waals surface area contributed by atoms with E-state index in [1.165, 1.54) is 26.9 Å². The maximum absolute atomic E-state index is 4.09. The van der Waals surface area contributed by atoms with Gasteiger partial charge in [-0.2, -0.15) is 0 Å². The SMILES string of the molecule is Brc1ccc2c(Br)cncc2c1.Brc1ccc2ccncc2c1.Brc1cccc2cnccc12.C.C. The normalized spacial score (nSPS) is 9.78. The highest BCUT2D eigenvalue weighted by atomic mass is 79.9. The van der Waals surface area contributed by atoms with E-state index >= 15 is 0 Å². The molecule has 0 spiro atoms. The molecule has 6 rings (SSSR count). The second-order valence-corrected chi connectivity index (χ2v) is 10.7. The van der Waals surface area contributed by atoms with Crippen LogP contribution < -0.4 is 0 Å². The van der Waals surface area contributed by atoms with E-state index in [0.717, 1.165) is 23.3 Å². The molecule has 3 aromatic carbocycles. The van der Waals surface area contributed by atoms with Crippen molar-refractivity contribution >= 4 is 96.0 Å². The van der Waals surface area contributed by atoms with Crippen LogP contribution in [0.4, 0.5) is 0 Å². The zero-order valence-corrected chi connectivity index (χ0v) is 24.0. The lowest BCUT2D eigenvalue weighted by molar-refractivity contribution is 1.35. The summed E-state index contributed by atoms with van der Waals surface area (Å²) in [6.45, 7) is 0. The summed E-state index contributed by atoms with van der Waals surface area (Å²) in [6.07, 6.45) is 11.0. The number of benzene rings is 3. The lowest BCUT2D eigenvalue weighted by Gasteiger charge is -1.99. The minimum atomic E-state index is 0. The van der Waals surface area contributed by atoms with Crippen molar-refractivity contribution in [3.8, 4) is 0 Å². The summed E-state index contributed by atoms with van der Waals surface area (Å²) >= 11 is 13.7. The molecule has 3 nitrogen and oxygen atoms in total. The van der Waals surface area contributed by atoms with Gasteiger partial charge in [-0.25, -0.2) is 0 Å². The Balaban J connectivity index is 0.000000185. The maximum atomic E-state index is 4.09. The van der Waals surface area contributed by atoms with Gasteiger partial charge in [-0.15, -0.1) is 0 Å². The summed E-state index contributed by atoms with van der Waals surface area (Å²) in [5.74, 6) is 0. The number of hydrogen-bond donors (Lipinski definition) is 0. The van der Waals surface area contributed by atoms with E-state index in [1.807, 2.05) is 67.1 Å². The molecular formula is C29H25Br4N3. The average molecular weight is 735 g/mol. The average Bonchev–Trinajstić information content (AvgIpc) is 2.85. The fourth-order valence-electron chi connectivity index (χ4n) is 3.25. The molecule has 0 unspecified atom stereocenters. The van der Waals surface area contributed by atoms with Crippen LogP contribution >= 0.6 is 63.7 Å². The highest BCUT2D eigenvalue weighted by Gasteiger charge is 1.98. The van der Waals surface area contributed by atoms with Crippen LogP contribution in [0, 0.1) is 0 Å². The topological polar surface area (TPSA) is 38.7 Å². The third kappa shape index (κ3) is 7.90. The Morgan fingerprint density at radius 3 is 1.81 bits per heavy atom. The highest BCUT2D eigenvalue weighted by molar-refractivity contribution is 9.11. The molecule has 0 saturated carbocycles. The van der Waals surface area contributed by atoms with E-state index in [4.69, 9.17) is 0 Å². The second-order valence-electron chi connectivity index (χ2n) is 7.19. The number of fused-ring (bicyclic) bond motifs is 3. The van der Waals surface area contributed by atoms with Crippen molar-refractivity contribution in [3.63, 3.8) is 0 Å². The van der Waals surface area contributed by atoms with E-state index in [-0.39, 0.29) is 14.9 Å². The molecule has 3 aromatic heterocycles. The van der Waals surface area contributed by atoms with Gasteiger partial charge in [0.05, 0.1) is 0 Å². The molecule has 0 radical (unpaired) electrons. The molecule has 0 aliphatic rings. The van der Waals surface area contributed by atoms with Crippen molar-refractivity contribution in [2.75, 3.05) is 0 Å². The summed E-state index contributed by atoms with van der Waals surface area (Å²) in [5.41, 5.74) is 0. The van der Waals surface area contributed by atoms with Gasteiger partial charge in [0.15, 0.2) is 0 Å². The van der Waals surface area contributed by atoms with Crippen LogP contribution in [0.2, 0.25) is 0 Å². The summed E-state index contributed by atoms with van der Waals surface area (Å²) < 4.78 is 4.33. The maximum Gasteiger partial charge on any atom is 0.0437 e. The first-order valence-corrected chi connectivity index (χ1v) is 13.3. The van der Waals surface area contributed by atoms with Crippen molar-refractivity contribution in [2.45, 2.75) is 14.9 Å². The molecule has 184 valence electrons. The van der Waals surface area contributed by atoms with Crippen LogP contribution in [0.1, 0.15) is 14.9 Å². The van der Waals surface area contributed by atoms with Crippen LogP contribution in [0.5, 0.6) is 0 Å². The molecule has 0 aliphatic heterocycles. The van der Waals surface area contributed by atoms with Gasteiger partial charge in [0.2, 0.25) is 0 Å². The number of halogens is 4. The predicted octanol–water partition coefficient (Wildman–Crippen LogP) is 11.0. The molecule has 36 heavy (non-hydrogen) atoms. The first kappa shape index (κ1) is 30.0. The zero-order chi connectivity index (χ0) is 23.9. The van der Waals surface area contributed by atoms with Crippen LogP contribution in [0.3, 0.4) is 0 Å². The number of aromatic nitrogens is 3. The van der Waals surface area contributed by atoms with Gasteiger partial charge < -0.3 is 0 Å². The van der Waals surface area contributed by atoms with E-state index in [0.29, 0.717) is 0 Å². The Kier molecular flexibility index (Phi) is 12.1. The monoisotopic (exact) mass is 731 g/mol. The van der Waals surface area contributed by atoms with E-state index in [1.54, 1.807) is 18.6 Å². The molecule has 0 atom stereocenters. The lowest BCUT2D eigenvalue weighted by atomic mass is 10.2. The van der Waals surface area contributed by atoms with Gasteiger partial charge in [0.1, 0.15) is 0 Å². The number of hydrogen-bond acceptors (Lipinski definition) is 3. The van der Waals surface area contributed by atoms with E-state index in [9.17, 15) is 0 Å². The van der Waals surface area contributed by atoms with Gasteiger partial charge in [-0.05, 0) is 74.6 Å². The molecule has 3 heterocycles. The smallest absolute Gasteiger partial charge is 0.0437 e. The molecule has 7 heteroatoms. The second kappa shape index (κ2) is 14.5. The third-order valence-electron chi connectivity index (χ3n) is 4.90. The lowest BCUT2D eigenvalue weighted by Crippen LogP contribution is -1.77. The van der Waals surface area contributed by atoms with Crippen molar-refractivity contribution < 1.29 is 0 Å². The summed E-state index contributed by atoms with van der Waals surface area (Å²) in [5, 5.41) is 7.10. The first-order valence-electron chi connectivity index (χ1n) is 10.2. The minimum Gasteiger partial charge on any atom is -0.264 e. The summed E-state index contributed by atoms with van der Waals surface area (Å²) in [7, 11) is 0. The van der Waals surface area contributed by atoms with Gasteiger partial charge in [0.25, 0.3) is 0 Å². The fourth-order valence-corrected chi connectivity index (χ4v) is 5.00. The fraction of sp³-hybridized carbons (Fsp3) is 0.0690. The highest BCUT2D eigenvalue weighted by Crippen LogP contribution is 2.25. The quantitative estimate of drug-likeness (QED) is 0.156. The molecule has 0 N–H and O–H groups in total. The molecule has 0 amide bonds. The van der Waals surface area contributed by atoms with E-state index < -0.39 is 0 Å². The van der Waals surface area contributed by atoms with Gasteiger partial charge in [-0.3, -0.25) is 15.0 Å². The van der Waals surface area contributed by atoms with Crippen molar-refractivity contribution in [3.05, 3.63) is 122 Å². The standard InChI is InChI=1S/C9H5Br2N.2C9H6BrN.2CH4/c10-7-1-2-8-6(3-7)4-12-5-9(8)11;10-9-2-1-7-3-4-11-6-8(7)5-9;10-9-3-1-2-7-6-11-5-4-8(7)9;;/h1-5H;2*1-6H;2*1H4. The zero-order valence-electron chi connectivity index (χ0n) is 17.7. The Hall–Kier alpha value is -2.19. The number of nitrogens with zero attached hydrogens (tertiary/aromatic N) is 3.